The number of esters is 1. The topological polar surface area (TPSA) is 157 Å². The lowest BCUT2D eigenvalue weighted by Crippen LogP contribution is -2.54. The molecule has 0 aromatic heterocycles. The normalized spacial score (nSPS) is 12.6. The van der Waals surface area contributed by atoms with Crippen molar-refractivity contribution in [3.05, 3.63) is 34.9 Å². The summed E-state index contributed by atoms with van der Waals surface area (Å²) in [4.78, 5) is 65.2. The van der Waals surface area contributed by atoms with Gasteiger partial charge in [-0.25, -0.2) is 4.79 Å². The molecule has 0 fully saturated rings. The lowest BCUT2D eigenvalue weighted by Gasteiger charge is -2.35. The summed E-state index contributed by atoms with van der Waals surface area (Å²) in [6, 6.07) is 3.12. The van der Waals surface area contributed by atoms with E-state index in [4.69, 9.17) is 15.2 Å². The Labute approximate surface area is 231 Å². The number of alkyl carbamates (subject to hydrolysis) is 1. The summed E-state index contributed by atoms with van der Waals surface area (Å²) >= 11 is 0. The van der Waals surface area contributed by atoms with Crippen molar-refractivity contribution in [1.82, 2.24) is 15.5 Å². The maximum absolute atomic E-state index is 14.0. The number of amides is 4. The number of nitrogens with zero attached hydrogens (tertiary/aromatic N) is 1. The second kappa shape index (κ2) is 15.7. The number of ether oxygens (including phenoxy) is 2. The Balaban J connectivity index is 3.49. The highest BCUT2D eigenvalue weighted by molar-refractivity contribution is 5.94. The van der Waals surface area contributed by atoms with E-state index in [0.29, 0.717) is 18.4 Å². The number of hydrogen-bond donors (Lipinski definition) is 3. The average Bonchev–Trinajstić information content (AvgIpc) is 2.81. The Bertz CT molecular complexity index is 1020. The Morgan fingerprint density at radius 3 is 2.31 bits per heavy atom. The smallest absolute Gasteiger partial charge is 0.408 e. The Morgan fingerprint density at radius 1 is 1.08 bits per heavy atom. The van der Waals surface area contributed by atoms with Crippen molar-refractivity contribution in [2.75, 3.05) is 19.7 Å². The molecule has 1 aromatic carbocycles. The van der Waals surface area contributed by atoms with Crippen LogP contribution in [0, 0.1) is 13.8 Å². The predicted octanol–water partition coefficient (Wildman–Crippen LogP) is 2.81. The number of rotatable bonds is 14. The molecule has 39 heavy (non-hydrogen) atoms. The van der Waals surface area contributed by atoms with Crippen molar-refractivity contribution < 1.29 is 33.4 Å². The van der Waals surface area contributed by atoms with Crippen molar-refractivity contribution in [2.45, 2.75) is 91.8 Å². The molecule has 4 N–H and O–H groups in total. The Kier molecular flexibility index (Phi) is 13.4. The van der Waals surface area contributed by atoms with Crippen LogP contribution in [0.25, 0.3) is 0 Å². The molecule has 0 aliphatic carbocycles. The van der Waals surface area contributed by atoms with E-state index in [1.165, 1.54) is 4.90 Å². The number of unbranched alkanes of at least 4 members (excludes halogenated alkanes) is 1. The van der Waals surface area contributed by atoms with Crippen molar-refractivity contribution >= 4 is 29.8 Å². The van der Waals surface area contributed by atoms with E-state index < -0.39 is 53.9 Å². The van der Waals surface area contributed by atoms with Crippen molar-refractivity contribution in [3.63, 3.8) is 0 Å². The van der Waals surface area contributed by atoms with Gasteiger partial charge in [0, 0.05) is 13.1 Å². The molecule has 1 aromatic rings. The second-order valence-corrected chi connectivity index (χ2v) is 10.4. The number of aryl methyl sites for hydroxylation is 2. The maximum Gasteiger partial charge on any atom is 0.408 e. The molecule has 0 saturated heterocycles. The van der Waals surface area contributed by atoms with Crippen LogP contribution in [0.5, 0.6) is 0 Å². The summed E-state index contributed by atoms with van der Waals surface area (Å²) < 4.78 is 10.2. The van der Waals surface area contributed by atoms with Gasteiger partial charge in [-0.05, 0) is 59.1 Å². The fraction of sp³-hybridized carbons (Fsp3) is 0.607. The first-order chi connectivity index (χ1) is 18.2. The van der Waals surface area contributed by atoms with Crippen LogP contribution < -0.4 is 16.4 Å². The highest BCUT2D eigenvalue weighted by Gasteiger charge is 2.37. The third kappa shape index (κ3) is 11.7. The number of carbonyl (C=O) groups excluding carboxylic acids is 5. The molecule has 0 spiro atoms. The van der Waals surface area contributed by atoms with Crippen LogP contribution in [0.3, 0.4) is 0 Å². The first-order valence-electron chi connectivity index (χ1n) is 13.3. The molecule has 0 heterocycles. The number of primary amides is 1. The molecule has 0 radical (unpaired) electrons. The number of benzene rings is 1. The standard InChI is InChI=1S/C28H44N4O7/c1-8-10-15-32(26(36)21(17-22(29)33)31-27(37)39-28(5,6)7)24(20-16-18(3)11-12-19(20)4)25(35)30-14-13-23(34)38-9-2/h11-12,16,21,24H,8-10,13-15,17H2,1-7H3,(H2,29,33)(H,30,35)(H,31,37). The zero-order chi connectivity index (χ0) is 29.8. The minimum Gasteiger partial charge on any atom is -0.466 e. The van der Waals surface area contributed by atoms with Gasteiger partial charge in [0.1, 0.15) is 17.7 Å². The minimum absolute atomic E-state index is 0.00963. The van der Waals surface area contributed by atoms with Crippen LogP contribution in [0.2, 0.25) is 0 Å². The first kappa shape index (κ1) is 33.4. The summed E-state index contributed by atoms with van der Waals surface area (Å²) in [6.45, 7) is 12.7. The quantitative estimate of drug-likeness (QED) is 0.302. The van der Waals surface area contributed by atoms with Crippen LogP contribution in [-0.4, -0.2) is 66.0 Å². The van der Waals surface area contributed by atoms with E-state index in [0.717, 1.165) is 11.1 Å². The molecule has 4 amide bonds. The summed E-state index contributed by atoms with van der Waals surface area (Å²) in [7, 11) is 0. The molecule has 2 unspecified atom stereocenters. The third-order valence-electron chi connectivity index (χ3n) is 5.65. The van der Waals surface area contributed by atoms with Crippen molar-refractivity contribution in [2.24, 2.45) is 5.73 Å². The molecule has 0 aliphatic heterocycles. The summed E-state index contributed by atoms with van der Waals surface area (Å²) in [5.74, 6) is -2.42. The molecular formula is C28H44N4O7. The Hall–Kier alpha value is -3.63. The lowest BCUT2D eigenvalue weighted by molar-refractivity contribution is -0.144. The largest absolute Gasteiger partial charge is 0.466 e. The molecule has 2 atom stereocenters. The Morgan fingerprint density at radius 2 is 1.74 bits per heavy atom. The van der Waals surface area contributed by atoms with Gasteiger partial charge >= 0.3 is 12.1 Å². The van der Waals surface area contributed by atoms with Gasteiger partial charge in [-0.3, -0.25) is 19.2 Å². The highest BCUT2D eigenvalue weighted by Crippen LogP contribution is 2.27. The first-order valence-corrected chi connectivity index (χ1v) is 13.3. The fourth-order valence-electron chi connectivity index (χ4n) is 3.87. The zero-order valence-electron chi connectivity index (χ0n) is 24.2. The zero-order valence-corrected chi connectivity index (χ0v) is 24.2. The van der Waals surface area contributed by atoms with E-state index in [-0.39, 0.29) is 26.1 Å². The van der Waals surface area contributed by atoms with Gasteiger partial charge < -0.3 is 30.7 Å². The minimum atomic E-state index is -1.35. The number of nitrogens with two attached hydrogens (primary N) is 1. The van der Waals surface area contributed by atoms with Crippen LogP contribution in [-0.2, 0) is 28.7 Å². The van der Waals surface area contributed by atoms with Gasteiger partial charge in [0.25, 0.3) is 0 Å². The number of nitrogens with one attached hydrogen (secondary N) is 2. The van der Waals surface area contributed by atoms with Gasteiger partial charge in [0.15, 0.2) is 0 Å². The van der Waals surface area contributed by atoms with Gasteiger partial charge in [-0.1, -0.05) is 37.1 Å². The molecule has 0 bridgehead atoms. The van der Waals surface area contributed by atoms with E-state index >= 15 is 0 Å². The van der Waals surface area contributed by atoms with Crippen LogP contribution in [0.1, 0.15) is 83.0 Å². The van der Waals surface area contributed by atoms with Crippen molar-refractivity contribution in [1.29, 1.82) is 0 Å². The summed E-state index contributed by atoms with van der Waals surface area (Å²) in [5, 5.41) is 5.20. The van der Waals surface area contributed by atoms with Crippen LogP contribution in [0.4, 0.5) is 4.79 Å². The van der Waals surface area contributed by atoms with Gasteiger partial charge in [0.05, 0.1) is 19.4 Å². The summed E-state index contributed by atoms with van der Waals surface area (Å²) in [6.07, 6.45) is -0.135. The molecule has 11 nitrogen and oxygen atoms in total. The molecular weight excluding hydrogens is 504 g/mol. The lowest BCUT2D eigenvalue weighted by atomic mass is 9.95. The van der Waals surface area contributed by atoms with E-state index in [1.807, 2.05) is 39.0 Å². The van der Waals surface area contributed by atoms with E-state index in [1.54, 1.807) is 27.7 Å². The summed E-state index contributed by atoms with van der Waals surface area (Å²) in [5.41, 5.74) is 6.81. The van der Waals surface area contributed by atoms with Crippen molar-refractivity contribution in [3.8, 4) is 0 Å². The molecule has 11 heteroatoms. The highest BCUT2D eigenvalue weighted by atomic mass is 16.6. The predicted molar refractivity (Wildman–Crippen MR) is 147 cm³/mol. The number of carbonyl (C=O) groups is 5. The number of hydrogen-bond acceptors (Lipinski definition) is 7. The van der Waals surface area contributed by atoms with Crippen LogP contribution in [0.15, 0.2) is 18.2 Å². The molecule has 0 aliphatic rings. The second-order valence-electron chi connectivity index (χ2n) is 10.4. The van der Waals surface area contributed by atoms with Gasteiger partial charge in [-0.15, -0.1) is 0 Å². The SMILES string of the molecule is CCCCN(C(=O)C(CC(N)=O)NC(=O)OC(C)(C)C)C(C(=O)NCCC(=O)OCC)c1cc(C)ccc1C. The van der Waals surface area contributed by atoms with Gasteiger partial charge in [0.2, 0.25) is 17.7 Å². The van der Waals surface area contributed by atoms with Crippen LogP contribution >= 0.6 is 0 Å². The van der Waals surface area contributed by atoms with E-state index in [2.05, 4.69) is 10.6 Å². The maximum atomic E-state index is 14.0. The third-order valence-corrected chi connectivity index (χ3v) is 5.65. The fourth-order valence-corrected chi connectivity index (χ4v) is 3.87. The average molecular weight is 549 g/mol. The van der Waals surface area contributed by atoms with Gasteiger partial charge in [-0.2, -0.15) is 0 Å². The van der Waals surface area contributed by atoms with E-state index in [9.17, 15) is 24.0 Å². The molecule has 0 saturated carbocycles. The molecule has 218 valence electrons. The monoisotopic (exact) mass is 548 g/mol. The molecule has 1 rings (SSSR count).